The van der Waals surface area contributed by atoms with Gasteiger partial charge in [0.25, 0.3) is 15.9 Å². The highest BCUT2D eigenvalue weighted by molar-refractivity contribution is 8.15. The number of nitrogens with one attached hydrogen (secondary N) is 1. The van der Waals surface area contributed by atoms with Gasteiger partial charge in [0, 0.05) is 18.0 Å². The third-order valence-electron chi connectivity index (χ3n) is 4.78. The van der Waals surface area contributed by atoms with Gasteiger partial charge in [0.15, 0.2) is 11.8 Å². The van der Waals surface area contributed by atoms with Crippen molar-refractivity contribution in [2.24, 2.45) is 4.40 Å². The molecule has 10 heteroatoms. The Morgan fingerprint density at radius 3 is 2.83 bits per heavy atom. The molecule has 0 fully saturated rings. The minimum atomic E-state index is -3.44. The molecule has 2 aliphatic rings. The number of amides is 1. The Balaban J connectivity index is 1.35. The summed E-state index contributed by atoms with van der Waals surface area (Å²) in [6.45, 7) is 2.26. The number of fused-ring (bicyclic) bond motifs is 3. The topological polar surface area (TPSA) is 105 Å². The molecule has 1 amide bonds. The SMILES string of the molecule is Cc1ccccc1CNC(=O)COC(=O)c1ccc2c(c1)SC1=NS(=O)(=O)CCN12. The molecule has 0 radical (unpaired) electrons. The molecule has 2 heterocycles. The Kier molecular flexibility index (Phi) is 5.52. The van der Waals surface area contributed by atoms with E-state index in [9.17, 15) is 18.0 Å². The van der Waals surface area contributed by atoms with Gasteiger partial charge in [-0.1, -0.05) is 24.3 Å². The minimum Gasteiger partial charge on any atom is -0.452 e. The summed E-state index contributed by atoms with van der Waals surface area (Å²) in [6, 6.07) is 12.7. The van der Waals surface area contributed by atoms with Crippen LogP contribution in [0, 0.1) is 6.92 Å². The van der Waals surface area contributed by atoms with E-state index in [-0.39, 0.29) is 23.8 Å². The lowest BCUT2D eigenvalue weighted by atomic mass is 10.1. The van der Waals surface area contributed by atoms with Crippen molar-refractivity contribution in [3.8, 4) is 0 Å². The molecule has 4 rings (SSSR count). The summed E-state index contributed by atoms with van der Waals surface area (Å²) in [6.07, 6.45) is 0. The normalized spacial score (nSPS) is 16.3. The average molecular weight is 446 g/mol. The van der Waals surface area contributed by atoms with Crippen molar-refractivity contribution in [1.29, 1.82) is 0 Å². The zero-order valence-electron chi connectivity index (χ0n) is 16.1. The second-order valence-corrected chi connectivity index (χ2v) is 9.64. The molecule has 30 heavy (non-hydrogen) atoms. The summed E-state index contributed by atoms with van der Waals surface area (Å²) in [5, 5.41) is 3.12. The molecule has 0 saturated carbocycles. The summed E-state index contributed by atoms with van der Waals surface area (Å²) in [5.41, 5.74) is 3.16. The number of carbonyl (C=O) groups excluding carboxylic acids is 2. The number of hydrogen-bond acceptors (Lipinski definition) is 7. The predicted molar refractivity (Wildman–Crippen MR) is 114 cm³/mol. The summed E-state index contributed by atoms with van der Waals surface area (Å²) in [4.78, 5) is 26.9. The highest BCUT2D eigenvalue weighted by atomic mass is 32.2. The van der Waals surface area contributed by atoms with Crippen LogP contribution >= 0.6 is 11.8 Å². The number of benzene rings is 2. The molecule has 0 spiro atoms. The lowest BCUT2D eigenvalue weighted by Gasteiger charge is -2.22. The van der Waals surface area contributed by atoms with E-state index < -0.39 is 16.0 Å². The van der Waals surface area contributed by atoms with E-state index in [1.54, 1.807) is 18.2 Å². The van der Waals surface area contributed by atoms with Crippen LogP contribution in [0.15, 0.2) is 51.8 Å². The molecule has 0 atom stereocenters. The number of anilines is 1. The fourth-order valence-electron chi connectivity index (χ4n) is 3.13. The molecule has 0 bridgehead atoms. The molecule has 156 valence electrons. The van der Waals surface area contributed by atoms with Crippen LogP contribution in [0.5, 0.6) is 0 Å². The van der Waals surface area contributed by atoms with Gasteiger partial charge in [0.1, 0.15) is 0 Å². The standard InChI is InChI=1S/C20H19N3O5S2/c1-13-4-2-3-5-15(13)11-21-18(24)12-28-19(25)14-6-7-16-17(10-14)29-20-22-30(26,27)9-8-23(16)20/h2-7,10H,8-9,11-12H2,1H3,(H,21,24). The van der Waals surface area contributed by atoms with E-state index in [0.717, 1.165) is 21.7 Å². The van der Waals surface area contributed by atoms with Crippen LogP contribution in [0.4, 0.5) is 5.69 Å². The first-order valence-electron chi connectivity index (χ1n) is 9.23. The first-order valence-corrected chi connectivity index (χ1v) is 11.7. The molecule has 2 aliphatic heterocycles. The molecule has 0 aromatic heterocycles. The maximum absolute atomic E-state index is 12.3. The summed E-state index contributed by atoms with van der Waals surface area (Å²) < 4.78 is 32.3. The zero-order valence-corrected chi connectivity index (χ0v) is 17.8. The lowest BCUT2D eigenvalue weighted by molar-refractivity contribution is -0.124. The van der Waals surface area contributed by atoms with E-state index in [1.165, 1.54) is 11.8 Å². The number of ether oxygens (including phenoxy) is 1. The van der Waals surface area contributed by atoms with E-state index >= 15 is 0 Å². The van der Waals surface area contributed by atoms with Crippen molar-refractivity contribution < 1.29 is 22.7 Å². The number of nitrogens with zero attached hydrogens (tertiary/aromatic N) is 2. The second-order valence-electron chi connectivity index (χ2n) is 6.88. The number of rotatable bonds is 5. The maximum atomic E-state index is 12.3. The number of carbonyl (C=O) groups is 2. The predicted octanol–water partition coefficient (Wildman–Crippen LogP) is 2.08. The summed E-state index contributed by atoms with van der Waals surface area (Å²) >= 11 is 1.20. The fraction of sp³-hybridized carbons (Fsp3) is 0.250. The van der Waals surface area contributed by atoms with Crippen LogP contribution in [-0.4, -0.2) is 44.4 Å². The monoisotopic (exact) mass is 445 g/mol. The molecular weight excluding hydrogens is 426 g/mol. The lowest BCUT2D eigenvalue weighted by Crippen LogP contribution is -2.35. The van der Waals surface area contributed by atoms with Crippen LogP contribution in [0.3, 0.4) is 0 Å². The van der Waals surface area contributed by atoms with Crippen molar-refractivity contribution >= 4 is 44.5 Å². The average Bonchev–Trinajstić information content (AvgIpc) is 3.06. The maximum Gasteiger partial charge on any atom is 0.338 e. The van der Waals surface area contributed by atoms with Gasteiger partial charge in [0.2, 0.25) is 0 Å². The van der Waals surface area contributed by atoms with Crippen LogP contribution in [0.2, 0.25) is 0 Å². The number of amidine groups is 1. The first kappa shape index (κ1) is 20.4. The van der Waals surface area contributed by atoms with E-state index in [2.05, 4.69) is 9.71 Å². The van der Waals surface area contributed by atoms with Gasteiger partial charge >= 0.3 is 5.97 Å². The van der Waals surface area contributed by atoms with Crippen molar-refractivity contribution in [1.82, 2.24) is 5.32 Å². The van der Waals surface area contributed by atoms with Gasteiger partial charge in [-0.05, 0) is 48.0 Å². The molecule has 0 unspecified atom stereocenters. The van der Waals surface area contributed by atoms with Gasteiger partial charge < -0.3 is 15.0 Å². The highest BCUT2D eigenvalue weighted by Crippen LogP contribution is 2.42. The van der Waals surface area contributed by atoms with Gasteiger partial charge in [-0.2, -0.15) is 0 Å². The number of sulfonamides is 1. The van der Waals surface area contributed by atoms with Crippen LogP contribution in [0.25, 0.3) is 0 Å². The first-order chi connectivity index (χ1) is 14.3. The second kappa shape index (κ2) is 8.11. The van der Waals surface area contributed by atoms with Crippen LogP contribution < -0.4 is 10.2 Å². The third-order valence-corrected chi connectivity index (χ3v) is 7.09. The van der Waals surface area contributed by atoms with Gasteiger partial charge in [-0.3, -0.25) is 4.79 Å². The van der Waals surface area contributed by atoms with E-state index in [4.69, 9.17) is 4.74 Å². The number of esters is 1. The Morgan fingerprint density at radius 1 is 1.23 bits per heavy atom. The molecule has 8 nitrogen and oxygen atoms in total. The highest BCUT2D eigenvalue weighted by Gasteiger charge is 2.33. The molecule has 0 aliphatic carbocycles. The van der Waals surface area contributed by atoms with Crippen molar-refractivity contribution in [3.05, 3.63) is 59.2 Å². The largest absolute Gasteiger partial charge is 0.452 e. The smallest absolute Gasteiger partial charge is 0.338 e. The molecule has 2 aromatic rings. The van der Waals surface area contributed by atoms with Crippen molar-refractivity contribution in [3.63, 3.8) is 0 Å². The minimum absolute atomic E-state index is 0.0437. The van der Waals surface area contributed by atoms with Crippen molar-refractivity contribution in [2.75, 3.05) is 23.8 Å². The molecule has 2 aromatic carbocycles. The Hall–Kier alpha value is -2.85. The third kappa shape index (κ3) is 4.34. The van der Waals surface area contributed by atoms with Crippen LogP contribution in [0.1, 0.15) is 21.5 Å². The van der Waals surface area contributed by atoms with Gasteiger partial charge in [-0.15, -0.1) is 4.40 Å². The molecule has 0 saturated heterocycles. The fourth-order valence-corrected chi connectivity index (χ4v) is 5.42. The molecule has 1 N–H and O–H groups in total. The summed E-state index contributed by atoms with van der Waals surface area (Å²) in [5.74, 6) is -1.06. The molecular formula is C20H19N3O5S2. The van der Waals surface area contributed by atoms with Gasteiger partial charge in [0.05, 0.1) is 17.0 Å². The number of hydrogen-bond donors (Lipinski definition) is 1. The van der Waals surface area contributed by atoms with E-state index in [1.807, 2.05) is 36.1 Å². The van der Waals surface area contributed by atoms with Crippen molar-refractivity contribution in [2.45, 2.75) is 18.4 Å². The summed E-state index contributed by atoms with van der Waals surface area (Å²) in [7, 11) is -3.44. The number of aryl methyl sites for hydroxylation is 1. The van der Waals surface area contributed by atoms with Crippen LogP contribution in [-0.2, 0) is 26.1 Å². The Bertz CT molecular complexity index is 1160. The zero-order chi connectivity index (χ0) is 21.3. The number of thioether (sulfide) groups is 1. The van der Waals surface area contributed by atoms with Gasteiger partial charge in [-0.25, -0.2) is 13.2 Å². The van der Waals surface area contributed by atoms with E-state index in [0.29, 0.717) is 18.3 Å². The Labute approximate surface area is 178 Å². The Morgan fingerprint density at radius 2 is 2.03 bits per heavy atom. The quantitative estimate of drug-likeness (QED) is 0.703.